The highest BCUT2D eigenvalue weighted by atomic mass is 16.5. The Labute approximate surface area is 109 Å². The molecule has 0 amide bonds. The van der Waals surface area contributed by atoms with Gasteiger partial charge in [0.05, 0.1) is 12.8 Å². The summed E-state index contributed by atoms with van der Waals surface area (Å²) in [6, 6.07) is 0. The fourth-order valence-electron chi connectivity index (χ4n) is 2.73. The van der Waals surface area contributed by atoms with Gasteiger partial charge in [-0.1, -0.05) is 26.7 Å². The Kier molecular flexibility index (Phi) is 5.63. The van der Waals surface area contributed by atoms with Gasteiger partial charge < -0.3 is 9.84 Å². The van der Waals surface area contributed by atoms with Crippen LogP contribution in [0.1, 0.15) is 65.2 Å². The van der Waals surface area contributed by atoms with E-state index in [1.807, 2.05) is 0 Å². The molecular formula is C14H24O4. The maximum atomic E-state index is 11.4. The van der Waals surface area contributed by atoms with Gasteiger partial charge in [-0.3, -0.25) is 9.59 Å². The predicted octanol–water partition coefficient (Wildman–Crippen LogP) is 3.14. The van der Waals surface area contributed by atoms with E-state index in [1.165, 1.54) is 12.8 Å². The molecular weight excluding hydrogens is 232 g/mol. The summed E-state index contributed by atoms with van der Waals surface area (Å²) >= 11 is 0. The van der Waals surface area contributed by atoms with Crippen molar-refractivity contribution in [3.05, 3.63) is 0 Å². The summed E-state index contributed by atoms with van der Waals surface area (Å²) in [6.45, 7) is 4.45. The van der Waals surface area contributed by atoms with Crippen molar-refractivity contribution in [2.75, 3.05) is 0 Å². The molecule has 0 aromatic heterocycles. The summed E-state index contributed by atoms with van der Waals surface area (Å²) in [4.78, 5) is 21.8. The molecule has 1 aliphatic carbocycles. The number of hydrogen-bond acceptors (Lipinski definition) is 3. The minimum Gasteiger partial charge on any atom is -0.481 e. The van der Waals surface area contributed by atoms with Gasteiger partial charge in [0.1, 0.15) is 6.10 Å². The maximum absolute atomic E-state index is 11.4. The van der Waals surface area contributed by atoms with E-state index in [-0.39, 0.29) is 24.9 Å². The lowest BCUT2D eigenvalue weighted by Crippen LogP contribution is -2.31. The topological polar surface area (TPSA) is 63.6 Å². The average Bonchev–Trinajstić information content (AvgIpc) is 2.38. The number of aliphatic carboxylic acids is 1. The number of esters is 1. The molecule has 1 fully saturated rings. The third-order valence-electron chi connectivity index (χ3n) is 4.33. The highest BCUT2D eigenvalue weighted by Gasteiger charge is 2.33. The van der Waals surface area contributed by atoms with E-state index >= 15 is 0 Å². The van der Waals surface area contributed by atoms with E-state index < -0.39 is 5.97 Å². The zero-order valence-electron chi connectivity index (χ0n) is 11.4. The summed E-state index contributed by atoms with van der Waals surface area (Å²) in [6.07, 6.45) is 6.26. The summed E-state index contributed by atoms with van der Waals surface area (Å²) in [5.74, 6) is -1.32. The van der Waals surface area contributed by atoms with Crippen LogP contribution < -0.4 is 0 Å². The van der Waals surface area contributed by atoms with E-state index in [2.05, 4.69) is 13.8 Å². The Bertz CT molecular complexity index is 284. The molecule has 0 aromatic rings. The number of carbonyl (C=O) groups excluding carboxylic acids is 1. The maximum Gasteiger partial charge on any atom is 0.306 e. The molecule has 4 nitrogen and oxygen atoms in total. The van der Waals surface area contributed by atoms with Gasteiger partial charge in [0.2, 0.25) is 0 Å². The second kappa shape index (κ2) is 6.76. The first kappa shape index (κ1) is 15.0. The zero-order valence-corrected chi connectivity index (χ0v) is 11.4. The SMILES string of the molecule is CCC1(CC)CCC(OC(=O)CCC(=O)O)CC1. The van der Waals surface area contributed by atoms with Crippen LogP contribution in [-0.4, -0.2) is 23.1 Å². The van der Waals surface area contributed by atoms with Crippen LogP contribution in [0.5, 0.6) is 0 Å². The van der Waals surface area contributed by atoms with Gasteiger partial charge in [-0.15, -0.1) is 0 Å². The molecule has 1 aliphatic rings. The Balaban J connectivity index is 2.31. The minimum absolute atomic E-state index is 0.00230. The zero-order chi connectivity index (χ0) is 13.6. The van der Waals surface area contributed by atoms with E-state index in [1.54, 1.807) is 0 Å². The second-order valence-corrected chi connectivity index (χ2v) is 5.29. The average molecular weight is 256 g/mol. The molecule has 0 radical (unpaired) electrons. The molecule has 0 saturated heterocycles. The summed E-state index contributed by atoms with van der Waals surface area (Å²) < 4.78 is 5.32. The van der Waals surface area contributed by atoms with Gasteiger partial charge in [-0.25, -0.2) is 0 Å². The minimum atomic E-state index is -0.952. The first-order valence-electron chi connectivity index (χ1n) is 6.92. The molecule has 0 bridgehead atoms. The van der Waals surface area contributed by atoms with Gasteiger partial charge >= 0.3 is 11.9 Å². The Morgan fingerprint density at radius 1 is 1.17 bits per heavy atom. The molecule has 18 heavy (non-hydrogen) atoms. The van der Waals surface area contributed by atoms with E-state index in [0.29, 0.717) is 5.41 Å². The van der Waals surface area contributed by atoms with Crippen LogP contribution in [0, 0.1) is 5.41 Å². The molecule has 0 heterocycles. The monoisotopic (exact) mass is 256 g/mol. The van der Waals surface area contributed by atoms with E-state index in [9.17, 15) is 9.59 Å². The lowest BCUT2D eigenvalue weighted by atomic mass is 9.70. The normalized spacial score (nSPS) is 19.4. The van der Waals surface area contributed by atoms with Crippen LogP contribution in [0.25, 0.3) is 0 Å². The number of ether oxygens (including phenoxy) is 1. The van der Waals surface area contributed by atoms with Crippen LogP contribution in [0.3, 0.4) is 0 Å². The van der Waals surface area contributed by atoms with Gasteiger partial charge in [0.15, 0.2) is 0 Å². The Morgan fingerprint density at radius 2 is 1.72 bits per heavy atom. The third-order valence-corrected chi connectivity index (χ3v) is 4.33. The van der Waals surface area contributed by atoms with Crippen LogP contribution in [-0.2, 0) is 14.3 Å². The van der Waals surface area contributed by atoms with Gasteiger partial charge in [0, 0.05) is 0 Å². The molecule has 1 rings (SSSR count). The van der Waals surface area contributed by atoms with Crippen LogP contribution >= 0.6 is 0 Å². The van der Waals surface area contributed by atoms with Gasteiger partial charge in [-0.05, 0) is 31.1 Å². The summed E-state index contributed by atoms with van der Waals surface area (Å²) in [7, 11) is 0. The van der Waals surface area contributed by atoms with Crippen molar-refractivity contribution in [1.29, 1.82) is 0 Å². The lowest BCUT2D eigenvalue weighted by molar-refractivity contribution is -0.154. The molecule has 104 valence electrons. The standard InChI is InChI=1S/C14H24O4/c1-3-14(4-2)9-7-11(8-10-14)18-13(17)6-5-12(15)16/h11H,3-10H2,1-2H3,(H,15,16). The number of carbonyl (C=O) groups is 2. The first-order valence-corrected chi connectivity index (χ1v) is 6.92. The Hall–Kier alpha value is -1.06. The molecule has 0 aliphatic heterocycles. The number of carboxylic acid groups (broad SMARTS) is 1. The summed E-state index contributed by atoms with van der Waals surface area (Å²) in [5, 5.41) is 8.49. The van der Waals surface area contributed by atoms with Crippen molar-refractivity contribution < 1.29 is 19.4 Å². The number of carboxylic acids is 1. The van der Waals surface area contributed by atoms with Crippen LogP contribution in [0.4, 0.5) is 0 Å². The van der Waals surface area contributed by atoms with E-state index in [4.69, 9.17) is 9.84 Å². The summed E-state index contributed by atoms with van der Waals surface area (Å²) in [5.41, 5.74) is 0.434. The molecule has 1 N–H and O–H groups in total. The largest absolute Gasteiger partial charge is 0.481 e. The third kappa shape index (κ3) is 4.31. The first-order chi connectivity index (χ1) is 8.51. The highest BCUT2D eigenvalue weighted by molar-refractivity contribution is 5.76. The smallest absolute Gasteiger partial charge is 0.306 e. The number of rotatable bonds is 6. The van der Waals surface area contributed by atoms with Crippen molar-refractivity contribution in [2.45, 2.75) is 71.3 Å². The van der Waals surface area contributed by atoms with Gasteiger partial charge in [-0.2, -0.15) is 0 Å². The molecule has 0 spiro atoms. The predicted molar refractivity (Wildman–Crippen MR) is 68.2 cm³/mol. The fraction of sp³-hybridized carbons (Fsp3) is 0.857. The van der Waals surface area contributed by atoms with Crippen molar-refractivity contribution in [2.24, 2.45) is 5.41 Å². The van der Waals surface area contributed by atoms with Crippen molar-refractivity contribution in [1.82, 2.24) is 0 Å². The Morgan fingerprint density at radius 3 is 2.17 bits per heavy atom. The quantitative estimate of drug-likeness (QED) is 0.741. The lowest BCUT2D eigenvalue weighted by Gasteiger charge is -2.38. The molecule has 0 aromatic carbocycles. The van der Waals surface area contributed by atoms with Crippen molar-refractivity contribution in [3.63, 3.8) is 0 Å². The van der Waals surface area contributed by atoms with Crippen molar-refractivity contribution in [3.8, 4) is 0 Å². The molecule has 4 heteroatoms. The molecule has 0 atom stereocenters. The number of hydrogen-bond donors (Lipinski definition) is 1. The fourth-order valence-corrected chi connectivity index (χ4v) is 2.73. The molecule has 0 unspecified atom stereocenters. The van der Waals surface area contributed by atoms with Crippen LogP contribution in [0.15, 0.2) is 0 Å². The highest BCUT2D eigenvalue weighted by Crippen LogP contribution is 2.42. The van der Waals surface area contributed by atoms with Gasteiger partial charge in [0.25, 0.3) is 0 Å². The van der Waals surface area contributed by atoms with E-state index in [0.717, 1.165) is 25.7 Å². The molecule has 1 saturated carbocycles. The second-order valence-electron chi connectivity index (χ2n) is 5.29. The van der Waals surface area contributed by atoms with Crippen molar-refractivity contribution >= 4 is 11.9 Å². The van der Waals surface area contributed by atoms with Crippen LogP contribution in [0.2, 0.25) is 0 Å².